The number of hydrogen-bond donors (Lipinski definition) is 1. The fourth-order valence-corrected chi connectivity index (χ4v) is 3.01. The van der Waals surface area contributed by atoms with E-state index in [1.54, 1.807) is 0 Å². The Morgan fingerprint density at radius 1 is 1.19 bits per heavy atom. The quantitative estimate of drug-likeness (QED) is 0.783. The number of rotatable bonds is 4. The molecule has 1 N–H and O–H groups in total. The van der Waals surface area contributed by atoms with Crippen molar-refractivity contribution in [3.63, 3.8) is 0 Å². The third kappa shape index (κ3) is 3.44. The van der Waals surface area contributed by atoms with Crippen molar-refractivity contribution >= 4 is 0 Å². The van der Waals surface area contributed by atoms with Crippen LogP contribution in [0.1, 0.15) is 26.2 Å². The lowest BCUT2D eigenvalue weighted by Gasteiger charge is -2.29. The van der Waals surface area contributed by atoms with Crippen molar-refractivity contribution in [2.24, 2.45) is 11.8 Å². The fraction of sp³-hybridized carbons (Fsp3) is 1.00. The standard InChI is InChI=1S/C13H26N2O/c1-11-13(3-6-14-11)10-15(2)9-12-4-7-16-8-5-12/h11-14H,3-10H2,1-2H3. The second kappa shape index (κ2) is 5.99. The Bertz CT molecular complexity index is 204. The van der Waals surface area contributed by atoms with Gasteiger partial charge in [-0.05, 0) is 51.6 Å². The molecule has 0 spiro atoms. The molecular weight excluding hydrogens is 200 g/mol. The second-order valence-corrected chi connectivity index (χ2v) is 5.57. The molecule has 2 aliphatic heterocycles. The molecule has 3 nitrogen and oxygen atoms in total. The summed E-state index contributed by atoms with van der Waals surface area (Å²) in [5.41, 5.74) is 0. The lowest BCUT2D eigenvalue weighted by atomic mass is 9.97. The molecule has 2 unspecified atom stereocenters. The Kier molecular flexibility index (Phi) is 4.62. The van der Waals surface area contributed by atoms with Crippen molar-refractivity contribution in [3.05, 3.63) is 0 Å². The highest BCUT2D eigenvalue weighted by Crippen LogP contribution is 2.19. The monoisotopic (exact) mass is 226 g/mol. The molecule has 2 saturated heterocycles. The van der Waals surface area contributed by atoms with E-state index in [0.717, 1.165) is 25.0 Å². The smallest absolute Gasteiger partial charge is 0.0469 e. The molecule has 0 radical (unpaired) electrons. The van der Waals surface area contributed by atoms with E-state index in [-0.39, 0.29) is 0 Å². The van der Waals surface area contributed by atoms with Crippen LogP contribution in [0.2, 0.25) is 0 Å². The van der Waals surface area contributed by atoms with Gasteiger partial charge in [0.2, 0.25) is 0 Å². The van der Waals surface area contributed by atoms with E-state index in [4.69, 9.17) is 4.74 Å². The van der Waals surface area contributed by atoms with E-state index in [1.165, 1.54) is 38.9 Å². The van der Waals surface area contributed by atoms with Crippen molar-refractivity contribution in [2.75, 3.05) is 39.9 Å². The number of ether oxygens (including phenoxy) is 1. The van der Waals surface area contributed by atoms with E-state index in [1.807, 2.05) is 0 Å². The Morgan fingerprint density at radius 3 is 2.56 bits per heavy atom. The van der Waals surface area contributed by atoms with Crippen LogP contribution in [0.15, 0.2) is 0 Å². The van der Waals surface area contributed by atoms with Crippen LogP contribution in [0.5, 0.6) is 0 Å². The minimum Gasteiger partial charge on any atom is -0.381 e. The van der Waals surface area contributed by atoms with Crippen molar-refractivity contribution in [2.45, 2.75) is 32.2 Å². The highest BCUT2D eigenvalue weighted by molar-refractivity contribution is 4.82. The highest BCUT2D eigenvalue weighted by atomic mass is 16.5. The summed E-state index contributed by atoms with van der Waals surface area (Å²) in [5, 5.41) is 3.53. The van der Waals surface area contributed by atoms with Crippen LogP contribution in [-0.4, -0.2) is 50.8 Å². The summed E-state index contributed by atoms with van der Waals surface area (Å²) >= 11 is 0. The zero-order valence-electron chi connectivity index (χ0n) is 10.7. The number of hydrogen-bond acceptors (Lipinski definition) is 3. The first-order valence-electron chi connectivity index (χ1n) is 6.75. The molecule has 0 aromatic heterocycles. The summed E-state index contributed by atoms with van der Waals surface area (Å²) in [5.74, 6) is 1.72. The maximum absolute atomic E-state index is 5.40. The molecule has 0 amide bonds. The Hall–Kier alpha value is -0.120. The predicted octanol–water partition coefficient (Wildman–Crippen LogP) is 1.34. The summed E-state index contributed by atoms with van der Waals surface area (Å²) in [4.78, 5) is 2.53. The maximum atomic E-state index is 5.40. The molecule has 0 aromatic rings. The van der Waals surface area contributed by atoms with Gasteiger partial charge in [-0.1, -0.05) is 0 Å². The first-order valence-corrected chi connectivity index (χ1v) is 6.75. The van der Waals surface area contributed by atoms with Crippen LogP contribution < -0.4 is 5.32 Å². The van der Waals surface area contributed by atoms with E-state index in [2.05, 4.69) is 24.2 Å². The average molecular weight is 226 g/mol. The molecule has 0 aliphatic carbocycles. The van der Waals surface area contributed by atoms with E-state index in [0.29, 0.717) is 6.04 Å². The van der Waals surface area contributed by atoms with Crippen LogP contribution in [0.25, 0.3) is 0 Å². The molecule has 0 saturated carbocycles. The summed E-state index contributed by atoms with van der Waals surface area (Å²) in [6.07, 6.45) is 3.85. The summed E-state index contributed by atoms with van der Waals surface area (Å²) in [6, 6.07) is 0.706. The van der Waals surface area contributed by atoms with Gasteiger partial charge < -0.3 is 15.0 Å². The third-order valence-corrected chi connectivity index (χ3v) is 4.15. The van der Waals surface area contributed by atoms with Gasteiger partial charge in [-0.3, -0.25) is 0 Å². The van der Waals surface area contributed by atoms with Gasteiger partial charge in [0.1, 0.15) is 0 Å². The molecular formula is C13H26N2O. The third-order valence-electron chi connectivity index (χ3n) is 4.15. The largest absolute Gasteiger partial charge is 0.381 e. The SMILES string of the molecule is CC1NCCC1CN(C)CC1CCOCC1. The Labute approximate surface area is 99.5 Å². The zero-order valence-corrected chi connectivity index (χ0v) is 10.7. The summed E-state index contributed by atoms with van der Waals surface area (Å²) in [7, 11) is 2.28. The highest BCUT2D eigenvalue weighted by Gasteiger charge is 2.25. The van der Waals surface area contributed by atoms with Crippen molar-refractivity contribution in [3.8, 4) is 0 Å². The minimum atomic E-state index is 0.706. The first-order chi connectivity index (χ1) is 7.75. The van der Waals surface area contributed by atoms with Crippen LogP contribution in [0.3, 0.4) is 0 Å². The van der Waals surface area contributed by atoms with Gasteiger partial charge in [0.05, 0.1) is 0 Å². The molecule has 2 fully saturated rings. The summed E-state index contributed by atoms with van der Waals surface area (Å²) < 4.78 is 5.40. The molecule has 0 aromatic carbocycles. The molecule has 2 atom stereocenters. The van der Waals surface area contributed by atoms with Crippen molar-refractivity contribution < 1.29 is 4.74 Å². The fourth-order valence-electron chi connectivity index (χ4n) is 3.01. The molecule has 2 heterocycles. The van der Waals surface area contributed by atoms with Gasteiger partial charge in [0.15, 0.2) is 0 Å². The second-order valence-electron chi connectivity index (χ2n) is 5.57. The average Bonchev–Trinajstić information content (AvgIpc) is 2.66. The van der Waals surface area contributed by atoms with E-state index in [9.17, 15) is 0 Å². The minimum absolute atomic E-state index is 0.706. The molecule has 3 heteroatoms. The van der Waals surface area contributed by atoms with Gasteiger partial charge in [-0.2, -0.15) is 0 Å². The van der Waals surface area contributed by atoms with Crippen LogP contribution in [-0.2, 0) is 4.74 Å². The Balaban J connectivity index is 1.68. The lowest BCUT2D eigenvalue weighted by Crippen LogP contribution is -2.36. The van der Waals surface area contributed by atoms with Crippen molar-refractivity contribution in [1.29, 1.82) is 0 Å². The van der Waals surface area contributed by atoms with Gasteiger partial charge in [-0.15, -0.1) is 0 Å². The molecule has 94 valence electrons. The van der Waals surface area contributed by atoms with E-state index < -0.39 is 0 Å². The van der Waals surface area contributed by atoms with Gasteiger partial charge in [0.25, 0.3) is 0 Å². The lowest BCUT2D eigenvalue weighted by molar-refractivity contribution is 0.0538. The van der Waals surface area contributed by atoms with Crippen LogP contribution >= 0.6 is 0 Å². The van der Waals surface area contributed by atoms with E-state index >= 15 is 0 Å². The topological polar surface area (TPSA) is 24.5 Å². The van der Waals surface area contributed by atoms with Crippen LogP contribution in [0.4, 0.5) is 0 Å². The van der Waals surface area contributed by atoms with Crippen molar-refractivity contribution in [1.82, 2.24) is 10.2 Å². The summed E-state index contributed by atoms with van der Waals surface area (Å²) in [6.45, 7) is 7.98. The molecule has 0 bridgehead atoms. The predicted molar refractivity (Wildman–Crippen MR) is 66.6 cm³/mol. The Morgan fingerprint density at radius 2 is 1.94 bits per heavy atom. The molecule has 16 heavy (non-hydrogen) atoms. The first kappa shape index (κ1) is 12.3. The normalized spacial score (nSPS) is 32.4. The number of nitrogens with one attached hydrogen (secondary N) is 1. The number of nitrogens with zero attached hydrogens (tertiary/aromatic N) is 1. The van der Waals surface area contributed by atoms with Gasteiger partial charge >= 0.3 is 0 Å². The molecule has 2 rings (SSSR count). The maximum Gasteiger partial charge on any atom is 0.0469 e. The zero-order chi connectivity index (χ0) is 11.4. The molecule has 2 aliphatic rings. The van der Waals surface area contributed by atoms with Crippen LogP contribution in [0, 0.1) is 11.8 Å². The van der Waals surface area contributed by atoms with Gasteiger partial charge in [-0.25, -0.2) is 0 Å². The van der Waals surface area contributed by atoms with Gasteiger partial charge in [0, 0.05) is 32.3 Å².